The number of piperazine rings is 1. The van der Waals surface area contributed by atoms with Crippen LogP contribution in [0.2, 0.25) is 0 Å². The minimum absolute atomic E-state index is 0.0109. The van der Waals surface area contributed by atoms with Gasteiger partial charge in [0, 0.05) is 44.0 Å². The van der Waals surface area contributed by atoms with Crippen molar-refractivity contribution in [3.8, 4) is 0 Å². The molecule has 0 bridgehead atoms. The lowest BCUT2D eigenvalue weighted by Crippen LogP contribution is -2.49. The molecule has 0 saturated carbocycles. The molecular weight excluding hydrogens is 398 g/mol. The van der Waals surface area contributed by atoms with E-state index < -0.39 is 5.38 Å². The summed E-state index contributed by atoms with van der Waals surface area (Å²) in [7, 11) is 0. The topological polar surface area (TPSA) is 52.7 Å². The highest BCUT2D eigenvalue weighted by Crippen LogP contribution is 2.25. The molecule has 2 aromatic rings. The third-order valence-corrected chi connectivity index (χ3v) is 5.59. The van der Waals surface area contributed by atoms with Crippen LogP contribution in [0.15, 0.2) is 54.6 Å². The average molecular weight is 428 g/mol. The first-order valence-corrected chi connectivity index (χ1v) is 10.8. The van der Waals surface area contributed by atoms with Crippen LogP contribution in [-0.2, 0) is 9.59 Å². The Labute approximate surface area is 184 Å². The fourth-order valence-electron chi connectivity index (χ4n) is 3.51. The summed E-state index contributed by atoms with van der Waals surface area (Å²) < 4.78 is 0. The zero-order valence-electron chi connectivity index (χ0n) is 17.9. The molecule has 1 N–H and O–H groups in total. The SMILES string of the molecule is CC(C)(C)CC(=O)N1CCN(c2ccc(NC(=O)C(Cl)c3ccccc3)cc2)CC1. The number of benzene rings is 2. The molecule has 6 heteroatoms. The Morgan fingerprint density at radius 3 is 2.13 bits per heavy atom. The van der Waals surface area contributed by atoms with E-state index in [-0.39, 0.29) is 17.2 Å². The van der Waals surface area contributed by atoms with E-state index in [1.165, 1.54) is 0 Å². The highest BCUT2D eigenvalue weighted by Gasteiger charge is 2.25. The van der Waals surface area contributed by atoms with Gasteiger partial charge in [0.2, 0.25) is 11.8 Å². The van der Waals surface area contributed by atoms with Crippen LogP contribution < -0.4 is 10.2 Å². The molecule has 1 heterocycles. The maximum absolute atomic E-state index is 12.4. The Hall–Kier alpha value is -2.53. The minimum atomic E-state index is -0.732. The molecule has 160 valence electrons. The lowest BCUT2D eigenvalue weighted by atomic mass is 9.91. The number of nitrogens with zero attached hydrogens (tertiary/aromatic N) is 2. The third-order valence-electron chi connectivity index (χ3n) is 5.14. The summed E-state index contributed by atoms with van der Waals surface area (Å²) >= 11 is 6.29. The van der Waals surface area contributed by atoms with Gasteiger partial charge in [-0.25, -0.2) is 0 Å². The number of carbonyl (C=O) groups excluding carboxylic acids is 2. The van der Waals surface area contributed by atoms with Crippen LogP contribution in [0.5, 0.6) is 0 Å². The number of nitrogens with one attached hydrogen (secondary N) is 1. The fraction of sp³-hybridized carbons (Fsp3) is 0.417. The monoisotopic (exact) mass is 427 g/mol. The predicted molar refractivity (Wildman–Crippen MR) is 123 cm³/mol. The summed E-state index contributed by atoms with van der Waals surface area (Å²) in [5, 5.41) is 2.14. The van der Waals surface area contributed by atoms with Crippen LogP contribution in [-0.4, -0.2) is 42.9 Å². The quantitative estimate of drug-likeness (QED) is 0.704. The molecule has 0 aliphatic carbocycles. The number of amides is 2. The molecule has 5 nitrogen and oxygen atoms in total. The van der Waals surface area contributed by atoms with Crippen molar-refractivity contribution < 1.29 is 9.59 Å². The molecule has 1 saturated heterocycles. The third kappa shape index (κ3) is 5.99. The van der Waals surface area contributed by atoms with Crippen molar-refractivity contribution >= 4 is 34.8 Å². The van der Waals surface area contributed by atoms with E-state index in [0.717, 1.165) is 37.4 Å². The molecule has 30 heavy (non-hydrogen) atoms. The summed E-state index contributed by atoms with van der Waals surface area (Å²) in [4.78, 5) is 29.0. The Morgan fingerprint density at radius 2 is 1.57 bits per heavy atom. The second kappa shape index (κ2) is 9.52. The van der Waals surface area contributed by atoms with E-state index in [1.807, 2.05) is 59.5 Å². The van der Waals surface area contributed by atoms with E-state index >= 15 is 0 Å². The number of hydrogen-bond donors (Lipinski definition) is 1. The highest BCUT2D eigenvalue weighted by molar-refractivity contribution is 6.32. The molecule has 0 radical (unpaired) electrons. The lowest BCUT2D eigenvalue weighted by molar-refractivity contribution is -0.133. The zero-order valence-corrected chi connectivity index (χ0v) is 18.7. The molecule has 0 aromatic heterocycles. The molecule has 3 rings (SSSR count). The Bertz CT molecular complexity index is 854. The van der Waals surface area contributed by atoms with Gasteiger partial charge in [0.15, 0.2) is 0 Å². The first kappa shape index (κ1) is 22.2. The summed E-state index contributed by atoms with van der Waals surface area (Å²) in [5.74, 6) is -0.0177. The molecule has 2 aromatic carbocycles. The van der Waals surface area contributed by atoms with Gasteiger partial charge in [-0.1, -0.05) is 51.1 Å². The summed E-state index contributed by atoms with van der Waals surface area (Å²) in [6.07, 6.45) is 0.575. The predicted octanol–water partition coefficient (Wildman–Crippen LogP) is 4.69. The van der Waals surface area contributed by atoms with Gasteiger partial charge in [-0.2, -0.15) is 0 Å². The highest BCUT2D eigenvalue weighted by atomic mass is 35.5. The summed E-state index contributed by atoms with van der Waals surface area (Å²) in [6.45, 7) is 9.35. The van der Waals surface area contributed by atoms with Gasteiger partial charge in [0.25, 0.3) is 0 Å². The van der Waals surface area contributed by atoms with Crippen LogP contribution in [0, 0.1) is 5.41 Å². The van der Waals surface area contributed by atoms with Crippen LogP contribution >= 0.6 is 11.6 Å². The molecule has 1 fully saturated rings. The van der Waals surface area contributed by atoms with E-state index in [2.05, 4.69) is 31.0 Å². The number of rotatable bonds is 5. The van der Waals surface area contributed by atoms with E-state index in [1.54, 1.807) is 0 Å². The Morgan fingerprint density at radius 1 is 0.967 bits per heavy atom. The molecule has 1 aliphatic heterocycles. The maximum Gasteiger partial charge on any atom is 0.246 e. The van der Waals surface area contributed by atoms with Gasteiger partial charge in [-0.05, 0) is 35.2 Å². The normalized spacial score (nSPS) is 15.6. The van der Waals surface area contributed by atoms with E-state index in [0.29, 0.717) is 12.1 Å². The number of halogens is 1. The number of carbonyl (C=O) groups is 2. The standard InChI is InChI=1S/C24H30ClN3O2/c1-24(2,3)17-21(29)28-15-13-27(14-16-28)20-11-9-19(10-12-20)26-23(30)22(25)18-7-5-4-6-8-18/h4-12,22H,13-17H2,1-3H3,(H,26,30). The average Bonchev–Trinajstić information content (AvgIpc) is 2.73. The van der Waals surface area contributed by atoms with Crippen molar-refractivity contribution in [1.82, 2.24) is 4.90 Å². The molecule has 0 spiro atoms. The Kier molecular flexibility index (Phi) is 7.03. The van der Waals surface area contributed by atoms with Crippen LogP contribution in [0.3, 0.4) is 0 Å². The van der Waals surface area contributed by atoms with E-state index in [4.69, 9.17) is 11.6 Å². The molecule has 1 atom stereocenters. The lowest BCUT2D eigenvalue weighted by Gasteiger charge is -2.37. The number of anilines is 2. The van der Waals surface area contributed by atoms with Gasteiger partial charge >= 0.3 is 0 Å². The Balaban J connectivity index is 1.53. The number of alkyl halides is 1. The van der Waals surface area contributed by atoms with Gasteiger partial charge in [0.05, 0.1) is 0 Å². The molecule has 2 amide bonds. The van der Waals surface area contributed by atoms with Gasteiger partial charge in [-0.15, -0.1) is 11.6 Å². The summed E-state index contributed by atoms with van der Waals surface area (Å²) in [5.41, 5.74) is 2.58. The first-order valence-electron chi connectivity index (χ1n) is 10.4. The van der Waals surface area contributed by atoms with Crippen LogP contribution in [0.4, 0.5) is 11.4 Å². The van der Waals surface area contributed by atoms with Crippen molar-refractivity contribution in [3.63, 3.8) is 0 Å². The smallest absolute Gasteiger partial charge is 0.246 e. The summed E-state index contributed by atoms with van der Waals surface area (Å²) in [6, 6.07) is 17.1. The fourth-order valence-corrected chi connectivity index (χ4v) is 3.71. The second-order valence-corrected chi connectivity index (χ2v) is 9.35. The molecule has 1 unspecified atom stereocenters. The van der Waals surface area contributed by atoms with E-state index in [9.17, 15) is 9.59 Å². The van der Waals surface area contributed by atoms with Crippen molar-refractivity contribution in [3.05, 3.63) is 60.2 Å². The van der Waals surface area contributed by atoms with Crippen molar-refractivity contribution in [2.75, 3.05) is 36.4 Å². The van der Waals surface area contributed by atoms with Crippen molar-refractivity contribution in [2.45, 2.75) is 32.6 Å². The van der Waals surface area contributed by atoms with Gasteiger partial charge in [0.1, 0.15) is 5.38 Å². The second-order valence-electron chi connectivity index (χ2n) is 8.91. The minimum Gasteiger partial charge on any atom is -0.368 e. The van der Waals surface area contributed by atoms with Crippen LogP contribution in [0.25, 0.3) is 0 Å². The molecular formula is C24H30ClN3O2. The number of hydrogen-bond acceptors (Lipinski definition) is 3. The van der Waals surface area contributed by atoms with Crippen molar-refractivity contribution in [2.24, 2.45) is 5.41 Å². The van der Waals surface area contributed by atoms with Gasteiger partial charge < -0.3 is 15.1 Å². The molecule has 1 aliphatic rings. The van der Waals surface area contributed by atoms with Crippen molar-refractivity contribution in [1.29, 1.82) is 0 Å². The zero-order chi connectivity index (χ0) is 21.7. The van der Waals surface area contributed by atoms with Gasteiger partial charge in [-0.3, -0.25) is 9.59 Å². The maximum atomic E-state index is 12.4. The first-order chi connectivity index (χ1) is 14.2. The largest absolute Gasteiger partial charge is 0.368 e. The van der Waals surface area contributed by atoms with Crippen LogP contribution in [0.1, 0.15) is 38.1 Å².